The zero-order valence-corrected chi connectivity index (χ0v) is 11.3. The van der Waals surface area contributed by atoms with Crippen LogP contribution in [-0.2, 0) is 6.54 Å². The summed E-state index contributed by atoms with van der Waals surface area (Å²) < 4.78 is 0. The highest BCUT2D eigenvalue weighted by molar-refractivity contribution is 5.34. The maximum atomic E-state index is 10.7. The number of aliphatic hydroxyl groups excluding tert-OH is 1. The Hall–Kier alpha value is -1.46. The van der Waals surface area contributed by atoms with Gasteiger partial charge in [0.1, 0.15) is 0 Å². The van der Waals surface area contributed by atoms with Crippen molar-refractivity contribution in [3.05, 3.63) is 39.9 Å². The zero-order chi connectivity index (χ0) is 14.1. The summed E-state index contributed by atoms with van der Waals surface area (Å²) in [6.07, 6.45) is 2.99. The predicted molar refractivity (Wildman–Crippen MR) is 74.9 cm³/mol. The van der Waals surface area contributed by atoms with Crippen LogP contribution < -0.4 is 5.32 Å². The van der Waals surface area contributed by atoms with E-state index in [2.05, 4.69) is 12.2 Å². The molecule has 0 saturated heterocycles. The summed E-state index contributed by atoms with van der Waals surface area (Å²) in [5, 5.41) is 22.9. The fourth-order valence-corrected chi connectivity index (χ4v) is 2.14. The SMILES string of the molecule is CCCC(CCO)CNCc1cccc([N+](=O)[O-])c1. The van der Waals surface area contributed by atoms with E-state index in [0.29, 0.717) is 12.5 Å². The number of non-ortho nitro benzene ring substituents is 1. The van der Waals surface area contributed by atoms with Gasteiger partial charge in [-0.2, -0.15) is 0 Å². The summed E-state index contributed by atoms with van der Waals surface area (Å²) >= 11 is 0. The molecule has 0 fully saturated rings. The van der Waals surface area contributed by atoms with Gasteiger partial charge in [-0.15, -0.1) is 0 Å². The molecule has 0 radical (unpaired) electrons. The van der Waals surface area contributed by atoms with Crippen molar-refractivity contribution in [3.8, 4) is 0 Å². The zero-order valence-electron chi connectivity index (χ0n) is 11.3. The molecule has 1 rings (SSSR count). The first-order chi connectivity index (χ1) is 9.17. The summed E-state index contributed by atoms with van der Waals surface area (Å²) in [6.45, 7) is 3.79. The minimum atomic E-state index is -0.380. The van der Waals surface area contributed by atoms with Crippen LogP contribution in [0.2, 0.25) is 0 Å². The van der Waals surface area contributed by atoms with Crippen molar-refractivity contribution in [2.45, 2.75) is 32.7 Å². The first kappa shape index (κ1) is 15.6. The number of benzene rings is 1. The smallest absolute Gasteiger partial charge is 0.269 e. The first-order valence-corrected chi connectivity index (χ1v) is 6.72. The summed E-state index contributed by atoms with van der Waals surface area (Å²) in [6, 6.07) is 6.66. The van der Waals surface area contributed by atoms with Crippen molar-refractivity contribution in [3.63, 3.8) is 0 Å². The molecule has 5 heteroatoms. The molecule has 106 valence electrons. The fraction of sp³-hybridized carbons (Fsp3) is 0.571. The van der Waals surface area contributed by atoms with Gasteiger partial charge in [0.2, 0.25) is 0 Å². The van der Waals surface area contributed by atoms with E-state index in [1.165, 1.54) is 6.07 Å². The maximum Gasteiger partial charge on any atom is 0.269 e. The Morgan fingerprint density at radius 2 is 2.21 bits per heavy atom. The van der Waals surface area contributed by atoms with Crippen molar-refractivity contribution in [1.82, 2.24) is 5.32 Å². The van der Waals surface area contributed by atoms with Gasteiger partial charge in [0.25, 0.3) is 5.69 Å². The van der Waals surface area contributed by atoms with Gasteiger partial charge < -0.3 is 10.4 Å². The van der Waals surface area contributed by atoms with Crippen molar-refractivity contribution >= 4 is 5.69 Å². The van der Waals surface area contributed by atoms with Gasteiger partial charge in [-0.25, -0.2) is 0 Å². The second-order valence-electron chi connectivity index (χ2n) is 4.72. The van der Waals surface area contributed by atoms with Gasteiger partial charge in [-0.1, -0.05) is 25.5 Å². The molecule has 0 saturated carbocycles. The van der Waals surface area contributed by atoms with E-state index < -0.39 is 0 Å². The molecule has 2 N–H and O–H groups in total. The van der Waals surface area contributed by atoms with E-state index in [4.69, 9.17) is 5.11 Å². The third-order valence-corrected chi connectivity index (χ3v) is 3.12. The Morgan fingerprint density at radius 3 is 2.84 bits per heavy atom. The van der Waals surface area contributed by atoms with Crippen molar-refractivity contribution in [2.24, 2.45) is 5.92 Å². The number of nitro groups is 1. The van der Waals surface area contributed by atoms with Crippen LogP contribution in [0.5, 0.6) is 0 Å². The lowest BCUT2D eigenvalue weighted by Gasteiger charge is -2.15. The maximum absolute atomic E-state index is 10.7. The van der Waals surface area contributed by atoms with Crippen LogP contribution in [0.15, 0.2) is 24.3 Å². The molecule has 5 nitrogen and oxygen atoms in total. The Balaban J connectivity index is 2.43. The van der Waals surface area contributed by atoms with E-state index in [9.17, 15) is 10.1 Å². The molecule has 0 heterocycles. The molecule has 0 aliphatic heterocycles. The van der Waals surface area contributed by atoms with Gasteiger partial charge >= 0.3 is 0 Å². The first-order valence-electron chi connectivity index (χ1n) is 6.72. The van der Waals surface area contributed by atoms with Crippen LogP contribution in [0.3, 0.4) is 0 Å². The van der Waals surface area contributed by atoms with Crippen molar-refractivity contribution in [1.29, 1.82) is 0 Å². The molecule has 19 heavy (non-hydrogen) atoms. The van der Waals surface area contributed by atoms with Crippen LogP contribution in [0.25, 0.3) is 0 Å². The molecule has 1 aromatic rings. The van der Waals surface area contributed by atoms with Gasteiger partial charge in [0, 0.05) is 25.3 Å². The third-order valence-electron chi connectivity index (χ3n) is 3.12. The number of nitro benzene ring substituents is 1. The molecule has 1 unspecified atom stereocenters. The molecule has 1 aromatic carbocycles. The summed E-state index contributed by atoms with van der Waals surface area (Å²) in [5.41, 5.74) is 1.04. The van der Waals surface area contributed by atoms with Gasteiger partial charge in [0.15, 0.2) is 0 Å². The monoisotopic (exact) mass is 266 g/mol. The van der Waals surface area contributed by atoms with E-state index in [0.717, 1.165) is 31.4 Å². The Bertz CT molecular complexity index is 390. The van der Waals surface area contributed by atoms with E-state index in [1.807, 2.05) is 6.07 Å². The lowest BCUT2D eigenvalue weighted by Crippen LogP contribution is -2.23. The van der Waals surface area contributed by atoms with Crippen LogP contribution in [0.4, 0.5) is 5.69 Å². The molecule has 0 aliphatic rings. The van der Waals surface area contributed by atoms with E-state index in [1.54, 1.807) is 12.1 Å². The highest BCUT2D eigenvalue weighted by Gasteiger charge is 2.08. The quantitative estimate of drug-likeness (QED) is 0.532. The fourth-order valence-electron chi connectivity index (χ4n) is 2.14. The Morgan fingerprint density at radius 1 is 1.42 bits per heavy atom. The van der Waals surface area contributed by atoms with Crippen molar-refractivity contribution in [2.75, 3.05) is 13.2 Å². The number of rotatable bonds is 9. The molecule has 0 bridgehead atoms. The highest BCUT2D eigenvalue weighted by atomic mass is 16.6. The lowest BCUT2D eigenvalue weighted by atomic mass is 10.0. The minimum absolute atomic E-state index is 0.125. The molecular formula is C14H22N2O3. The van der Waals surface area contributed by atoms with E-state index in [-0.39, 0.29) is 17.2 Å². The number of nitrogens with zero attached hydrogens (tertiary/aromatic N) is 1. The van der Waals surface area contributed by atoms with Crippen LogP contribution in [0, 0.1) is 16.0 Å². The number of hydrogen-bond acceptors (Lipinski definition) is 4. The van der Waals surface area contributed by atoms with Crippen LogP contribution in [0.1, 0.15) is 31.7 Å². The number of aliphatic hydroxyl groups is 1. The highest BCUT2D eigenvalue weighted by Crippen LogP contribution is 2.13. The molecule has 0 aromatic heterocycles. The topological polar surface area (TPSA) is 75.4 Å². The average Bonchev–Trinajstić information content (AvgIpc) is 2.39. The summed E-state index contributed by atoms with van der Waals surface area (Å²) in [7, 11) is 0. The standard InChI is InChI=1S/C14H22N2O3/c1-2-4-12(7-8-17)10-15-11-13-5-3-6-14(9-13)16(18)19/h3,5-6,9,12,15,17H,2,4,7-8,10-11H2,1H3. The minimum Gasteiger partial charge on any atom is -0.396 e. The van der Waals surface area contributed by atoms with Crippen LogP contribution >= 0.6 is 0 Å². The molecule has 1 atom stereocenters. The number of hydrogen-bond donors (Lipinski definition) is 2. The summed E-state index contributed by atoms with van der Waals surface area (Å²) in [4.78, 5) is 10.3. The molecule has 0 spiro atoms. The Kier molecular flexibility index (Phi) is 7.07. The summed E-state index contributed by atoms with van der Waals surface area (Å²) in [5.74, 6) is 0.466. The molecule has 0 aliphatic carbocycles. The Labute approximate surface area is 113 Å². The predicted octanol–water partition coefficient (Wildman–Crippen LogP) is 2.48. The second kappa shape index (κ2) is 8.61. The van der Waals surface area contributed by atoms with Gasteiger partial charge in [0.05, 0.1) is 4.92 Å². The lowest BCUT2D eigenvalue weighted by molar-refractivity contribution is -0.384. The number of nitrogens with one attached hydrogen (secondary N) is 1. The van der Waals surface area contributed by atoms with E-state index >= 15 is 0 Å². The average molecular weight is 266 g/mol. The third kappa shape index (κ3) is 5.81. The van der Waals surface area contributed by atoms with Gasteiger partial charge in [-0.05, 0) is 30.9 Å². The normalized spacial score (nSPS) is 12.3. The second-order valence-corrected chi connectivity index (χ2v) is 4.72. The van der Waals surface area contributed by atoms with Crippen LogP contribution in [-0.4, -0.2) is 23.2 Å². The molecular weight excluding hydrogens is 244 g/mol. The largest absolute Gasteiger partial charge is 0.396 e. The molecule has 0 amide bonds. The van der Waals surface area contributed by atoms with Gasteiger partial charge in [-0.3, -0.25) is 10.1 Å². The van der Waals surface area contributed by atoms with Crippen molar-refractivity contribution < 1.29 is 10.0 Å².